The number of nitrogens with zero attached hydrogens (tertiary/aromatic N) is 1. The largest absolute Gasteiger partial charge is 0.481 e. The number of aromatic nitrogens is 1. The number of carboxylic acid groups (broad SMARTS) is 2. The number of carboxylic acids is 2. The number of rotatable bonds is 9. The monoisotopic (exact) mass is 463 g/mol. The molecule has 1 aromatic heterocycles. The molecule has 7 heteroatoms. The van der Waals surface area contributed by atoms with Crippen molar-refractivity contribution in [1.29, 1.82) is 0 Å². The topological polar surface area (TPSA) is 87.5 Å². The maximum atomic E-state index is 12.6. The summed E-state index contributed by atoms with van der Waals surface area (Å²) in [5, 5.41) is 19.7. The molecule has 0 radical (unpaired) electrons. The molecule has 0 aliphatic rings. The minimum Gasteiger partial charge on any atom is -0.481 e. The second kappa shape index (κ2) is 9.54. The first kappa shape index (κ1) is 22.0. The zero-order valence-electron chi connectivity index (χ0n) is 17.0. The van der Waals surface area contributed by atoms with Gasteiger partial charge in [-0.2, -0.15) is 0 Å². The van der Waals surface area contributed by atoms with Gasteiger partial charge in [-0.25, -0.2) is 4.98 Å². The van der Waals surface area contributed by atoms with E-state index in [0.717, 1.165) is 25.7 Å². The third-order valence-electron chi connectivity index (χ3n) is 5.36. The zero-order valence-corrected chi connectivity index (χ0v) is 18.7. The van der Waals surface area contributed by atoms with Crippen LogP contribution >= 0.6 is 23.1 Å². The maximum absolute atomic E-state index is 12.6. The van der Waals surface area contributed by atoms with E-state index in [1.165, 1.54) is 23.1 Å². The highest BCUT2D eigenvalue weighted by Crippen LogP contribution is 2.54. The van der Waals surface area contributed by atoms with E-state index in [1.807, 2.05) is 84.9 Å². The molecule has 1 heterocycles. The Kier molecular flexibility index (Phi) is 6.58. The predicted molar refractivity (Wildman–Crippen MR) is 127 cm³/mol. The van der Waals surface area contributed by atoms with Crippen LogP contribution in [0.15, 0.2) is 89.3 Å². The number of para-hydroxylation sites is 1. The molecule has 32 heavy (non-hydrogen) atoms. The Hall–Kier alpha value is -3.16. The van der Waals surface area contributed by atoms with Gasteiger partial charge in [-0.05, 0) is 29.7 Å². The maximum Gasteiger partial charge on any atom is 0.308 e. The van der Waals surface area contributed by atoms with Crippen molar-refractivity contribution in [2.24, 2.45) is 5.92 Å². The molecule has 0 aliphatic carbocycles. The molecule has 3 aromatic carbocycles. The van der Waals surface area contributed by atoms with Gasteiger partial charge in [0.05, 0.1) is 20.9 Å². The average Bonchev–Trinajstić information content (AvgIpc) is 3.21. The standard InChI is InChI=1S/C25H21NO4S2/c27-22(28)16-15-19(23(29)30)25(17-9-3-1-4-10-17,18-11-5-2-6-12-18)32-24-26-20-13-7-8-14-21(20)31-24/h1-14,19H,15-16H2,(H,27,28)(H,29,30). The Labute approximate surface area is 193 Å². The minimum atomic E-state index is -1.06. The minimum absolute atomic E-state index is 0.00759. The van der Waals surface area contributed by atoms with Crippen molar-refractivity contribution in [2.45, 2.75) is 21.9 Å². The molecule has 162 valence electrons. The lowest BCUT2D eigenvalue weighted by Gasteiger charge is -2.38. The van der Waals surface area contributed by atoms with E-state index in [2.05, 4.69) is 0 Å². The van der Waals surface area contributed by atoms with E-state index in [4.69, 9.17) is 4.98 Å². The van der Waals surface area contributed by atoms with Crippen molar-refractivity contribution >= 4 is 45.3 Å². The SMILES string of the molecule is O=C(O)CCC(C(=O)O)C(Sc1nc2ccccc2s1)(c1ccccc1)c1ccccc1. The lowest BCUT2D eigenvalue weighted by atomic mass is 9.77. The zero-order chi connectivity index (χ0) is 22.6. The van der Waals surface area contributed by atoms with Crippen molar-refractivity contribution in [2.75, 3.05) is 0 Å². The Morgan fingerprint density at radius 3 is 1.97 bits per heavy atom. The van der Waals surface area contributed by atoms with Crippen LogP contribution in [0.4, 0.5) is 0 Å². The van der Waals surface area contributed by atoms with Gasteiger partial charge in [0.2, 0.25) is 0 Å². The number of fused-ring (bicyclic) bond motifs is 1. The van der Waals surface area contributed by atoms with Crippen molar-refractivity contribution in [1.82, 2.24) is 4.98 Å². The predicted octanol–water partition coefficient (Wildman–Crippen LogP) is 5.90. The highest BCUT2D eigenvalue weighted by atomic mass is 32.2. The second-order valence-electron chi connectivity index (χ2n) is 7.34. The summed E-state index contributed by atoms with van der Waals surface area (Å²) >= 11 is 2.90. The van der Waals surface area contributed by atoms with Crippen LogP contribution in [-0.4, -0.2) is 27.1 Å². The molecule has 0 saturated carbocycles. The summed E-state index contributed by atoms with van der Waals surface area (Å²) in [5.74, 6) is -3.04. The molecule has 1 unspecified atom stereocenters. The van der Waals surface area contributed by atoms with E-state index < -0.39 is 22.6 Å². The van der Waals surface area contributed by atoms with Crippen LogP contribution in [0, 0.1) is 5.92 Å². The molecular formula is C25H21NO4S2. The Morgan fingerprint density at radius 1 is 0.875 bits per heavy atom. The third-order valence-corrected chi connectivity index (χ3v) is 8.04. The molecule has 5 nitrogen and oxygen atoms in total. The normalized spacial score (nSPS) is 12.5. The molecule has 2 N–H and O–H groups in total. The Morgan fingerprint density at radius 2 is 1.44 bits per heavy atom. The van der Waals surface area contributed by atoms with Gasteiger partial charge in [-0.15, -0.1) is 11.3 Å². The highest BCUT2D eigenvalue weighted by molar-refractivity contribution is 8.02. The smallest absolute Gasteiger partial charge is 0.308 e. The molecule has 0 bridgehead atoms. The summed E-state index contributed by atoms with van der Waals surface area (Å²) in [6.45, 7) is 0. The van der Waals surface area contributed by atoms with Crippen molar-refractivity contribution in [3.05, 3.63) is 96.1 Å². The molecule has 0 saturated heterocycles. The first-order valence-corrected chi connectivity index (χ1v) is 11.7. The number of hydrogen-bond donors (Lipinski definition) is 2. The van der Waals surface area contributed by atoms with E-state index in [0.29, 0.717) is 0 Å². The number of thioether (sulfide) groups is 1. The van der Waals surface area contributed by atoms with Gasteiger partial charge in [-0.1, -0.05) is 84.6 Å². The van der Waals surface area contributed by atoms with Crippen LogP contribution < -0.4 is 0 Å². The quantitative estimate of drug-likeness (QED) is 0.301. The lowest BCUT2D eigenvalue weighted by molar-refractivity contribution is -0.143. The molecule has 1 atom stereocenters. The van der Waals surface area contributed by atoms with Gasteiger partial charge in [0, 0.05) is 6.42 Å². The van der Waals surface area contributed by atoms with E-state index in [-0.39, 0.29) is 12.8 Å². The fraction of sp³-hybridized carbons (Fsp3) is 0.160. The first-order chi connectivity index (χ1) is 15.5. The first-order valence-electron chi connectivity index (χ1n) is 10.1. The summed E-state index contributed by atoms with van der Waals surface area (Å²) in [6, 6.07) is 26.7. The van der Waals surface area contributed by atoms with Gasteiger partial charge >= 0.3 is 11.9 Å². The lowest BCUT2D eigenvalue weighted by Crippen LogP contribution is -2.39. The summed E-state index contributed by atoms with van der Waals surface area (Å²) < 4.78 is 0.695. The summed E-state index contributed by atoms with van der Waals surface area (Å²) in [4.78, 5) is 28.8. The summed E-state index contributed by atoms with van der Waals surface area (Å²) in [5.41, 5.74) is 2.45. The Bertz CT molecular complexity index is 1150. The van der Waals surface area contributed by atoms with Crippen LogP contribution in [0.1, 0.15) is 24.0 Å². The van der Waals surface area contributed by atoms with Crippen molar-refractivity contribution in [3.63, 3.8) is 0 Å². The van der Waals surface area contributed by atoms with Gasteiger partial charge < -0.3 is 10.2 Å². The number of hydrogen-bond acceptors (Lipinski definition) is 5. The van der Waals surface area contributed by atoms with Crippen LogP contribution in [0.3, 0.4) is 0 Å². The highest BCUT2D eigenvalue weighted by Gasteiger charge is 2.47. The number of carbonyl (C=O) groups is 2. The molecule has 0 aliphatic heterocycles. The third kappa shape index (κ3) is 4.40. The number of benzene rings is 3. The second-order valence-corrected chi connectivity index (χ2v) is 9.86. The van der Waals surface area contributed by atoms with Gasteiger partial charge in [0.25, 0.3) is 0 Å². The van der Waals surface area contributed by atoms with Crippen molar-refractivity contribution < 1.29 is 19.8 Å². The van der Waals surface area contributed by atoms with Crippen LogP contribution in [0.5, 0.6) is 0 Å². The van der Waals surface area contributed by atoms with E-state index in [1.54, 1.807) is 0 Å². The van der Waals surface area contributed by atoms with Gasteiger partial charge in [0.15, 0.2) is 4.34 Å². The number of aliphatic carboxylic acids is 2. The molecule has 0 spiro atoms. The molecule has 4 rings (SSSR count). The van der Waals surface area contributed by atoms with Crippen LogP contribution in [0.2, 0.25) is 0 Å². The fourth-order valence-electron chi connectivity index (χ4n) is 3.93. The molecule has 0 amide bonds. The van der Waals surface area contributed by atoms with Crippen LogP contribution in [0.25, 0.3) is 10.2 Å². The summed E-state index contributed by atoms with van der Waals surface area (Å²) in [7, 11) is 0. The Balaban J connectivity index is 1.95. The molecular weight excluding hydrogens is 442 g/mol. The van der Waals surface area contributed by atoms with Crippen LogP contribution in [-0.2, 0) is 14.3 Å². The fourth-order valence-corrected chi connectivity index (χ4v) is 6.75. The number of thiazole rings is 1. The average molecular weight is 464 g/mol. The molecule has 4 aromatic rings. The van der Waals surface area contributed by atoms with E-state index in [9.17, 15) is 19.8 Å². The van der Waals surface area contributed by atoms with E-state index >= 15 is 0 Å². The summed E-state index contributed by atoms with van der Waals surface area (Å²) in [6.07, 6.45) is -0.245. The molecule has 0 fully saturated rings. The van der Waals surface area contributed by atoms with Gasteiger partial charge in [0.1, 0.15) is 0 Å². The van der Waals surface area contributed by atoms with Crippen molar-refractivity contribution in [3.8, 4) is 0 Å². The van der Waals surface area contributed by atoms with Gasteiger partial charge in [-0.3, -0.25) is 9.59 Å².